The van der Waals surface area contributed by atoms with E-state index in [9.17, 15) is 0 Å². The van der Waals surface area contributed by atoms with Crippen LogP contribution in [-0.2, 0) is 17.9 Å². The smallest absolute Gasteiger partial charge is 0.194 e. The second kappa shape index (κ2) is 11.5. The van der Waals surface area contributed by atoms with Gasteiger partial charge in [-0.2, -0.15) is 0 Å². The minimum atomic E-state index is 0.521. The number of hydrogen-bond acceptors (Lipinski definition) is 4. The van der Waals surface area contributed by atoms with Gasteiger partial charge in [0.1, 0.15) is 11.5 Å². The van der Waals surface area contributed by atoms with Gasteiger partial charge in [0.15, 0.2) is 5.96 Å². The molecule has 6 nitrogen and oxygen atoms in total. The van der Waals surface area contributed by atoms with Gasteiger partial charge >= 0.3 is 0 Å². The molecule has 3 rings (SSSR count). The number of ether oxygens (including phenoxy) is 3. The van der Waals surface area contributed by atoms with E-state index in [-0.39, 0.29) is 0 Å². The molecule has 1 fully saturated rings. The van der Waals surface area contributed by atoms with Crippen LogP contribution in [0.3, 0.4) is 0 Å². The predicted octanol–water partition coefficient (Wildman–Crippen LogP) is 3.71. The first-order valence-electron chi connectivity index (χ1n) is 10.6. The first-order chi connectivity index (χ1) is 14.7. The summed E-state index contributed by atoms with van der Waals surface area (Å²) in [6, 6.07) is 16.2. The Morgan fingerprint density at radius 1 is 1.13 bits per heavy atom. The molecule has 6 heteroatoms. The highest BCUT2D eigenvalue weighted by molar-refractivity contribution is 5.80. The van der Waals surface area contributed by atoms with Gasteiger partial charge in [-0.3, -0.25) is 0 Å². The number of hydrogen-bond donors (Lipinski definition) is 1. The molecule has 1 atom stereocenters. The Morgan fingerprint density at radius 2 is 1.97 bits per heavy atom. The third kappa shape index (κ3) is 6.13. The number of aliphatic imine (C=N–C) groups is 1. The summed E-state index contributed by atoms with van der Waals surface area (Å²) in [6.45, 7) is 6.89. The summed E-state index contributed by atoms with van der Waals surface area (Å²) in [6.07, 6.45) is 1.12. The molecule has 30 heavy (non-hydrogen) atoms. The van der Waals surface area contributed by atoms with E-state index in [4.69, 9.17) is 19.2 Å². The van der Waals surface area contributed by atoms with Crippen molar-refractivity contribution < 1.29 is 14.2 Å². The van der Waals surface area contributed by atoms with E-state index >= 15 is 0 Å². The number of nitrogens with one attached hydrogen (secondary N) is 1. The Kier molecular flexibility index (Phi) is 8.39. The summed E-state index contributed by atoms with van der Waals surface area (Å²) in [5, 5.41) is 3.43. The van der Waals surface area contributed by atoms with Crippen LogP contribution in [-0.4, -0.2) is 51.3 Å². The lowest BCUT2D eigenvalue weighted by Gasteiger charge is -2.22. The quantitative estimate of drug-likeness (QED) is 0.504. The Morgan fingerprint density at radius 3 is 2.70 bits per heavy atom. The number of likely N-dealkylation sites (tertiary alicyclic amines) is 1. The standard InChI is InChI=1S/C24H33N3O3/c1-4-25-24(26-15-21-10-11-22(28-2)14-23(21)29-3)27-13-12-20(16-27)18-30-17-19-8-6-5-7-9-19/h5-11,14,20H,4,12-13,15-18H2,1-3H3,(H,25,26). The molecule has 2 aromatic rings. The van der Waals surface area contributed by atoms with E-state index in [0.717, 1.165) is 55.7 Å². The molecule has 0 bridgehead atoms. The minimum Gasteiger partial charge on any atom is -0.497 e. The summed E-state index contributed by atoms with van der Waals surface area (Å²) in [4.78, 5) is 7.19. The number of benzene rings is 2. The Balaban J connectivity index is 1.55. The summed E-state index contributed by atoms with van der Waals surface area (Å²) in [5.41, 5.74) is 2.26. The van der Waals surface area contributed by atoms with E-state index in [1.165, 1.54) is 5.56 Å². The summed E-state index contributed by atoms with van der Waals surface area (Å²) in [7, 11) is 3.33. The summed E-state index contributed by atoms with van der Waals surface area (Å²) < 4.78 is 16.7. The highest BCUT2D eigenvalue weighted by Crippen LogP contribution is 2.25. The van der Waals surface area contributed by atoms with E-state index in [1.807, 2.05) is 36.4 Å². The second-order valence-electron chi connectivity index (χ2n) is 7.45. The molecule has 0 aliphatic carbocycles. The molecule has 0 aromatic heterocycles. The molecule has 1 N–H and O–H groups in total. The molecule has 0 saturated carbocycles. The van der Waals surface area contributed by atoms with E-state index in [2.05, 4.69) is 29.3 Å². The SMILES string of the molecule is CCNC(=NCc1ccc(OC)cc1OC)N1CCC(COCc2ccccc2)C1. The molecular weight excluding hydrogens is 378 g/mol. The molecule has 2 aromatic carbocycles. The number of nitrogens with zero attached hydrogens (tertiary/aromatic N) is 2. The average molecular weight is 412 g/mol. The molecular formula is C24H33N3O3. The van der Waals surface area contributed by atoms with Gasteiger partial charge in [-0.05, 0) is 31.0 Å². The van der Waals surface area contributed by atoms with Crippen LogP contribution in [0.2, 0.25) is 0 Å². The Labute approximate surface area is 179 Å². The Bertz CT molecular complexity index is 811. The fourth-order valence-corrected chi connectivity index (χ4v) is 3.65. The third-order valence-electron chi connectivity index (χ3n) is 5.28. The molecule has 1 aliphatic rings. The maximum absolute atomic E-state index is 5.96. The zero-order chi connectivity index (χ0) is 21.2. The number of guanidine groups is 1. The summed E-state index contributed by atoms with van der Waals surface area (Å²) >= 11 is 0. The summed E-state index contributed by atoms with van der Waals surface area (Å²) in [5.74, 6) is 3.04. The van der Waals surface area contributed by atoms with Crippen molar-refractivity contribution in [2.24, 2.45) is 10.9 Å². The van der Waals surface area contributed by atoms with Gasteiger partial charge in [0, 0.05) is 37.2 Å². The van der Waals surface area contributed by atoms with Crippen LogP contribution in [0.25, 0.3) is 0 Å². The highest BCUT2D eigenvalue weighted by Gasteiger charge is 2.25. The van der Waals surface area contributed by atoms with Crippen molar-refractivity contribution in [1.29, 1.82) is 0 Å². The van der Waals surface area contributed by atoms with Gasteiger partial charge in [-0.25, -0.2) is 4.99 Å². The normalized spacial score (nSPS) is 16.6. The van der Waals surface area contributed by atoms with Crippen molar-refractivity contribution in [3.63, 3.8) is 0 Å². The van der Waals surface area contributed by atoms with Crippen molar-refractivity contribution in [2.75, 3.05) is 40.5 Å². The van der Waals surface area contributed by atoms with Crippen LogP contribution in [0, 0.1) is 5.92 Å². The molecule has 1 unspecified atom stereocenters. The fourth-order valence-electron chi connectivity index (χ4n) is 3.65. The average Bonchev–Trinajstić information content (AvgIpc) is 3.26. The maximum Gasteiger partial charge on any atom is 0.194 e. The van der Waals surface area contributed by atoms with Gasteiger partial charge in [0.2, 0.25) is 0 Å². The third-order valence-corrected chi connectivity index (χ3v) is 5.28. The zero-order valence-corrected chi connectivity index (χ0v) is 18.3. The largest absolute Gasteiger partial charge is 0.497 e. The van der Waals surface area contributed by atoms with Crippen LogP contribution in [0.5, 0.6) is 11.5 Å². The number of rotatable bonds is 9. The van der Waals surface area contributed by atoms with Crippen LogP contribution < -0.4 is 14.8 Å². The zero-order valence-electron chi connectivity index (χ0n) is 18.3. The van der Waals surface area contributed by atoms with E-state index in [0.29, 0.717) is 19.1 Å². The molecule has 0 spiro atoms. The van der Waals surface area contributed by atoms with Crippen LogP contribution in [0.4, 0.5) is 0 Å². The van der Waals surface area contributed by atoms with Gasteiger partial charge < -0.3 is 24.4 Å². The van der Waals surface area contributed by atoms with Crippen LogP contribution >= 0.6 is 0 Å². The lowest BCUT2D eigenvalue weighted by molar-refractivity contribution is 0.0906. The fraction of sp³-hybridized carbons (Fsp3) is 0.458. The van der Waals surface area contributed by atoms with Gasteiger partial charge in [0.05, 0.1) is 34.0 Å². The van der Waals surface area contributed by atoms with Gasteiger partial charge in [-0.1, -0.05) is 30.3 Å². The first kappa shape index (κ1) is 22.0. The molecule has 1 heterocycles. The molecule has 0 radical (unpaired) electrons. The monoisotopic (exact) mass is 411 g/mol. The molecule has 1 saturated heterocycles. The van der Waals surface area contributed by atoms with Crippen molar-refractivity contribution in [3.8, 4) is 11.5 Å². The van der Waals surface area contributed by atoms with Gasteiger partial charge in [-0.15, -0.1) is 0 Å². The van der Waals surface area contributed by atoms with Crippen molar-refractivity contribution in [1.82, 2.24) is 10.2 Å². The number of methoxy groups -OCH3 is 2. The Hall–Kier alpha value is -2.73. The lowest BCUT2D eigenvalue weighted by Crippen LogP contribution is -2.40. The van der Waals surface area contributed by atoms with Crippen molar-refractivity contribution in [3.05, 3.63) is 59.7 Å². The predicted molar refractivity (Wildman–Crippen MR) is 120 cm³/mol. The topological polar surface area (TPSA) is 55.3 Å². The van der Waals surface area contributed by atoms with Crippen molar-refractivity contribution in [2.45, 2.75) is 26.5 Å². The van der Waals surface area contributed by atoms with Gasteiger partial charge in [0.25, 0.3) is 0 Å². The highest BCUT2D eigenvalue weighted by atomic mass is 16.5. The first-order valence-corrected chi connectivity index (χ1v) is 10.6. The van der Waals surface area contributed by atoms with E-state index in [1.54, 1.807) is 14.2 Å². The van der Waals surface area contributed by atoms with Crippen molar-refractivity contribution >= 4 is 5.96 Å². The van der Waals surface area contributed by atoms with Crippen LogP contribution in [0.1, 0.15) is 24.5 Å². The second-order valence-corrected chi connectivity index (χ2v) is 7.45. The molecule has 162 valence electrons. The molecule has 1 aliphatic heterocycles. The molecule has 0 amide bonds. The van der Waals surface area contributed by atoms with Crippen LogP contribution in [0.15, 0.2) is 53.5 Å². The minimum absolute atomic E-state index is 0.521. The maximum atomic E-state index is 5.96. The lowest BCUT2D eigenvalue weighted by atomic mass is 10.1. The van der Waals surface area contributed by atoms with E-state index < -0.39 is 0 Å².